The van der Waals surface area contributed by atoms with Crippen molar-refractivity contribution in [2.75, 3.05) is 12.4 Å². The van der Waals surface area contributed by atoms with Crippen LogP contribution in [0.1, 0.15) is 17.4 Å². The number of nitrogens with zero attached hydrogens (tertiary/aromatic N) is 2. The van der Waals surface area contributed by atoms with Crippen LogP contribution in [0.5, 0.6) is 0 Å². The largest absolute Gasteiger partial charge is 0.368 e. The Morgan fingerprint density at radius 2 is 2.06 bits per heavy atom. The molecule has 0 aliphatic heterocycles. The van der Waals surface area contributed by atoms with Crippen molar-refractivity contribution in [3.8, 4) is 0 Å². The van der Waals surface area contributed by atoms with Gasteiger partial charge in [0, 0.05) is 7.05 Å². The van der Waals surface area contributed by atoms with Crippen molar-refractivity contribution in [2.24, 2.45) is 5.73 Å². The third-order valence-electron chi connectivity index (χ3n) is 1.92. The van der Waals surface area contributed by atoms with E-state index in [0.29, 0.717) is 5.82 Å². The highest BCUT2D eigenvalue weighted by atomic mass is 16.2. The van der Waals surface area contributed by atoms with E-state index in [9.17, 15) is 9.59 Å². The molecule has 0 saturated heterocycles. The predicted molar refractivity (Wildman–Crippen MR) is 57.7 cm³/mol. The molecule has 0 bridgehead atoms. The summed E-state index contributed by atoms with van der Waals surface area (Å²) in [5, 5.41) is 12.6. The molecule has 86 valence electrons. The average molecular weight is 223 g/mol. The van der Waals surface area contributed by atoms with E-state index in [1.54, 1.807) is 13.0 Å². The summed E-state index contributed by atoms with van der Waals surface area (Å²) in [5.41, 5.74) is 5.28. The Morgan fingerprint density at radius 1 is 1.38 bits per heavy atom. The first-order valence-electron chi connectivity index (χ1n) is 4.66. The van der Waals surface area contributed by atoms with Crippen LogP contribution < -0.4 is 16.4 Å². The Kier molecular flexibility index (Phi) is 3.76. The number of hydrogen-bond donors (Lipinski definition) is 3. The number of nitrogens with two attached hydrogens (primary N) is 1. The molecule has 1 rings (SSSR count). The maximum absolute atomic E-state index is 11.1. The van der Waals surface area contributed by atoms with Gasteiger partial charge in [-0.2, -0.15) is 0 Å². The first-order valence-corrected chi connectivity index (χ1v) is 4.66. The Labute approximate surface area is 92.4 Å². The van der Waals surface area contributed by atoms with Crippen molar-refractivity contribution >= 4 is 17.6 Å². The van der Waals surface area contributed by atoms with E-state index in [2.05, 4.69) is 20.8 Å². The van der Waals surface area contributed by atoms with Gasteiger partial charge in [0.2, 0.25) is 5.91 Å². The molecule has 4 N–H and O–H groups in total. The fraction of sp³-hybridized carbons (Fsp3) is 0.333. The number of aromatic nitrogens is 2. The number of rotatable bonds is 4. The third-order valence-corrected chi connectivity index (χ3v) is 1.92. The summed E-state index contributed by atoms with van der Waals surface area (Å²) in [6.45, 7) is 1.61. The molecule has 0 aromatic carbocycles. The maximum atomic E-state index is 11.1. The minimum atomic E-state index is -0.542. The van der Waals surface area contributed by atoms with Gasteiger partial charge in [0.25, 0.3) is 5.91 Å². The lowest BCUT2D eigenvalue weighted by Crippen LogP contribution is -2.32. The predicted octanol–water partition coefficient (Wildman–Crippen LogP) is -0.878. The summed E-state index contributed by atoms with van der Waals surface area (Å²) in [5.74, 6) is -0.418. The standard InChI is InChI=1S/C9H13N5O2/c1-5(8(10)15)12-7-4-3-6(13-14-7)9(16)11-2/h3-5H,1-2H3,(H2,10,15)(H,11,16)(H,12,14). The number of anilines is 1. The molecule has 0 radical (unpaired) electrons. The number of primary amides is 1. The van der Waals surface area contributed by atoms with Crippen molar-refractivity contribution in [3.63, 3.8) is 0 Å². The van der Waals surface area contributed by atoms with E-state index in [1.807, 2.05) is 0 Å². The van der Waals surface area contributed by atoms with Crippen molar-refractivity contribution in [1.82, 2.24) is 15.5 Å². The molecule has 7 heteroatoms. The summed E-state index contributed by atoms with van der Waals surface area (Å²) < 4.78 is 0. The number of carbonyl (C=O) groups is 2. The molecule has 0 saturated carbocycles. The minimum absolute atomic E-state index is 0.208. The molecular formula is C9H13N5O2. The van der Waals surface area contributed by atoms with Gasteiger partial charge >= 0.3 is 0 Å². The van der Waals surface area contributed by atoms with Crippen LogP contribution in [0.15, 0.2) is 12.1 Å². The summed E-state index contributed by atoms with van der Waals surface area (Å²) in [6, 6.07) is 2.51. The van der Waals surface area contributed by atoms with Crippen molar-refractivity contribution in [3.05, 3.63) is 17.8 Å². The quantitative estimate of drug-likeness (QED) is 0.614. The van der Waals surface area contributed by atoms with Gasteiger partial charge in [0.05, 0.1) is 0 Å². The maximum Gasteiger partial charge on any atom is 0.271 e. The third kappa shape index (κ3) is 2.91. The van der Waals surface area contributed by atoms with Gasteiger partial charge in [0.15, 0.2) is 5.69 Å². The molecule has 7 nitrogen and oxygen atoms in total. The Hall–Kier alpha value is -2.18. The summed E-state index contributed by atoms with van der Waals surface area (Å²) in [7, 11) is 1.51. The van der Waals surface area contributed by atoms with E-state index in [1.165, 1.54) is 13.1 Å². The highest BCUT2D eigenvalue weighted by Gasteiger charge is 2.10. The van der Waals surface area contributed by atoms with Crippen LogP contribution in [-0.2, 0) is 4.79 Å². The van der Waals surface area contributed by atoms with Crippen LogP contribution in [-0.4, -0.2) is 35.1 Å². The molecule has 2 amide bonds. The van der Waals surface area contributed by atoms with E-state index in [0.717, 1.165) is 0 Å². The lowest BCUT2D eigenvalue weighted by atomic mass is 10.3. The summed E-state index contributed by atoms with van der Waals surface area (Å²) in [6.07, 6.45) is 0. The van der Waals surface area contributed by atoms with Crippen LogP contribution in [0.25, 0.3) is 0 Å². The highest BCUT2D eigenvalue weighted by molar-refractivity contribution is 5.92. The molecular weight excluding hydrogens is 210 g/mol. The van der Waals surface area contributed by atoms with Gasteiger partial charge in [-0.25, -0.2) is 0 Å². The molecule has 0 aliphatic rings. The Bertz CT molecular complexity index is 389. The minimum Gasteiger partial charge on any atom is -0.368 e. The topological polar surface area (TPSA) is 110 Å². The number of carbonyl (C=O) groups excluding carboxylic acids is 2. The van der Waals surface area contributed by atoms with Gasteiger partial charge in [-0.05, 0) is 19.1 Å². The zero-order chi connectivity index (χ0) is 12.1. The van der Waals surface area contributed by atoms with Gasteiger partial charge in [-0.15, -0.1) is 10.2 Å². The zero-order valence-corrected chi connectivity index (χ0v) is 9.02. The van der Waals surface area contributed by atoms with E-state index in [4.69, 9.17) is 5.73 Å². The van der Waals surface area contributed by atoms with Crippen LogP contribution in [0, 0.1) is 0 Å². The molecule has 1 aromatic heterocycles. The van der Waals surface area contributed by atoms with Crippen molar-refractivity contribution in [2.45, 2.75) is 13.0 Å². The van der Waals surface area contributed by atoms with Crippen LogP contribution in [0.2, 0.25) is 0 Å². The lowest BCUT2D eigenvalue weighted by Gasteiger charge is -2.09. The van der Waals surface area contributed by atoms with E-state index in [-0.39, 0.29) is 11.6 Å². The zero-order valence-electron chi connectivity index (χ0n) is 9.02. The second kappa shape index (κ2) is 5.06. The van der Waals surface area contributed by atoms with Crippen molar-refractivity contribution < 1.29 is 9.59 Å². The number of nitrogens with one attached hydrogen (secondary N) is 2. The molecule has 0 spiro atoms. The Balaban J connectivity index is 2.72. The van der Waals surface area contributed by atoms with Gasteiger partial charge in [-0.3, -0.25) is 9.59 Å². The average Bonchev–Trinajstić information content (AvgIpc) is 2.28. The smallest absolute Gasteiger partial charge is 0.271 e. The SMILES string of the molecule is CNC(=O)c1ccc(NC(C)C(N)=O)nn1. The van der Waals surface area contributed by atoms with Crippen LogP contribution in [0.4, 0.5) is 5.82 Å². The van der Waals surface area contributed by atoms with Gasteiger partial charge in [-0.1, -0.05) is 0 Å². The van der Waals surface area contributed by atoms with Gasteiger partial charge in [0.1, 0.15) is 11.9 Å². The molecule has 1 unspecified atom stereocenters. The van der Waals surface area contributed by atoms with E-state index >= 15 is 0 Å². The first-order chi connectivity index (χ1) is 7.54. The molecule has 1 aromatic rings. The Morgan fingerprint density at radius 3 is 2.50 bits per heavy atom. The number of amides is 2. The summed E-state index contributed by atoms with van der Waals surface area (Å²) >= 11 is 0. The molecule has 1 heterocycles. The highest BCUT2D eigenvalue weighted by Crippen LogP contribution is 2.03. The normalized spacial score (nSPS) is 11.6. The second-order valence-corrected chi connectivity index (χ2v) is 3.15. The number of hydrogen-bond acceptors (Lipinski definition) is 5. The fourth-order valence-corrected chi connectivity index (χ4v) is 0.951. The fourth-order valence-electron chi connectivity index (χ4n) is 0.951. The van der Waals surface area contributed by atoms with E-state index < -0.39 is 11.9 Å². The summed E-state index contributed by atoms with van der Waals surface area (Å²) in [4.78, 5) is 21.9. The molecule has 1 atom stereocenters. The van der Waals surface area contributed by atoms with Gasteiger partial charge < -0.3 is 16.4 Å². The molecule has 0 aliphatic carbocycles. The van der Waals surface area contributed by atoms with Crippen LogP contribution in [0.3, 0.4) is 0 Å². The molecule has 16 heavy (non-hydrogen) atoms. The monoisotopic (exact) mass is 223 g/mol. The van der Waals surface area contributed by atoms with Crippen molar-refractivity contribution in [1.29, 1.82) is 0 Å². The first kappa shape index (κ1) is 11.9. The lowest BCUT2D eigenvalue weighted by molar-refractivity contribution is -0.118. The molecule has 0 fully saturated rings. The van der Waals surface area contributed by atoms with Crippen LogP contribution >= 0.6 is 0 Å². The second-order valence-electron chi connectivity index (χ2n) is 3.15.